The Kier molecular flexibility index (Phi) is 4.62. The van der Waals surface area contributed by atoms with Crippen LogP contribution in [-0.4, -0.2) is 47.5 Å². The lowest BCUT2D eigenvalue weighted by atomic mass is 9.67. The van der Waals surface area contributed by atoms with Crippen LogP contribution < -0.4 is 4.90 Å². The maximum absolute atomic E-state index is 12.8. The minimum absolute atomic E-state index is 0.0143. The number of aryl methyl sites for hydroxylation is 1. The maximum atomic E-state index is 12.8. The second-order valence-corrected chi connectivity index (χ2v) is 8.26. The Balaban J connectivity index is 1.53. The zero-order valence-electron chi connectivity index (χ0n) is 16.5. The summed E-state index contributed by atoms with van der Waals surface area (Å²) in [6.07, 6.45) is 4.81. The van der Waals surface area contributed by atoms with Gasteiger partial charge in [-0.3, -0.25) is 4.79 Å². The highest BCUT2D eigenvalue weighted by atomic mass is 16.2. The fourth-order valence-corrected chi connectivity index (χ4v) is 4.78. The van der Waals surface area contributed by atoms with Crippen molar-refractivity contribution in [2.24, 2.45) is 5.41 Å². The van der Waals surface area contributed by atoms with Gasteiger partial charge in [-0.25, -0.2) is 9.97 Å². The lowest BCUT2D eigenvalue weighted by molar-refractivity contribution is -0.138. The minimum atomic E-state index is -0.0143. The van der Waals surface area contributed by atoms with Crippen LogP contribution in [0.5, 0.6) is 0 Å². The van der Waals surface area contributed by atoms with Gasteiger partial charge in [-0.05, 0) is 44.1 Å². The zero-order valence-corrected chi connectivity index (χ0v) is 16.5. The molecule has 2 aliphatic heterocycles. The molecule has 3 heterocycles. The van der Waals surface area contributed by atoms with E-state index in [1.165, 1.54) is 5.56 Å². The quantitative estimate of drug-likeness (QED) is 0.820. The molecule has 2 fully saturated rings. The number of amides is 1. The van der Waals surface area contributed by atoms with Crippen LogP contribution in [0.4, 0.5) is 5.82 Å². The van der Waals surface area contributed by atoms with Gasteiger partial charge in [0.2, 0.25) is 5.91 Å². The molecular formula is C22H28N4O. The summed E-state index contributed by atoms with van der Waals surface area (Å²) in [5, 5.41) is 0. The van der Waals surface area contributed by atoms with Gasteiger partial charge in [0.05, 0.1) is 5.92 Å². The van der Waals surface area contributed by atoms with Gasteiger partial charge in [0.1, 0.15) is 12.1 Å². The van der Waals surface area contributed by atoms with Gasteiger partial charge in [0.25, 0.3) is 0 Å². The molecule has 5 heteroatoms. The number of rotatable bonds is 2. The van der Waals surface area contributed by atoms with E-state index in [0.29, 0.717) is 0 Å². The second kappa shape index (κ2) is 6.95. The molecule has 2 aromatic rings. The molecule has 0 N–H and O–H groups in total. The summed E-state index contributed by atoms with van der Waals surface area (Å²) < 4.78 is 0. The number of nitrogens with zero attached hydrogens (tertiary/aromatic N) is 4. The van der Waals surface area contributed by atoms with Crippen molar-refractivity contribution in [2.45, 2.75) is 39.0 Å². The summed E-state index contributed by atoms with van der Waals surface area (Å²) >= 11 is 0. The standard InChI is InChI=1S/C22H28N4O/c1-16-17(2)23-15-24-20(16)26-11-9-22(10-12-26)13-19(21(27)25(3)14-22)18-7-5-4-6-8-18/h4-8,15,19H,9-14H2,1-3H3. The van der Waals surface area contributed by atoms with Gasteiger partial charge in [0.15, 0.2) is 0 Å². The van der Waals surface area contributed by atoms with E-state index < -0.39 is 0 Å². The van der Waals surface area contributed by atoms with E-state index in [-0.39, 0.29) is 17.2 Å². The van der Waals surface area contributed by atoms with E-state index in [1.807, 2.05) is 37.1 Å². The summed E-state index contributed by atoms with van der Waals surface area (Å²) in [6, 6.07) is 10.3. The van der Waals surface area contributed by atoms with Crippen LogP contribution in [0.15, 0.2) is 36.7 Å². The van der Waals surface area contributed by atoms with E-state index in [9.17, 15) is 4.79 Å². The number of piperidine rings is 2. The number of hydrogen-bond donors (Lipinski definition) is 0. The Bertz CT molecular complexity index is 827. The molecule has 1 aromatic heterocycles. The monoisotopic (exact) mass is 364 g/mol. The fraction of sp³-hybridized carbons (Fsp3) is 0.500. The van der Waals surface area contributed by atoms with E-state index in [1.54, 1.807) is 6.33 Å². The summed E-state index contributed by atoms with van der Waals surface area (Å²) in [6.45, 7) is 6.98. The number of anilines is 1. The van der Waals surface area contributed by atoms with Crippen molar-refractivity contribution < 1.29 is 4.79 Å². The first kappa shape index (κ1) is 18.0. The third-order valence-corrected chi connectivity index (χ3v) is 6.52. The maximum Gasteiger partial charge on any atom is 0.229 e. The molecule has 1 spiro atoms. The molecule has 1 amide bonds. The summed E-state index contributed by atoms with van der Waals surface area (Å²) in [5.41, 5.74) is 3.58. The molecule has 2 saturated heterocycles. The molecule has 0 radical (unpaired) electrons. The van der Waals surface area contributed by atoms with Gasteiger partial charge in [0, 0.05) is 37.9 Å². The predicted octanol–water partition coefficient (Wildman–Crippen LogP) is 3.33. The van der Waals surface area contributed by atoms with Crippen molar-refractivity contribution in [3.05, 3.63) is 53.5 Å². The van der Waals surface area contributed by atoms with Crippen LogP contribution in [0.3, 0.4) is 0 Å². The van der Waals surface area contributed by atoms with Gasteiger partial charge in [-0.1, -0.05) is 30.3 Å². The number of likely N-dealkylation sites (tertiary alicyclic amines) is 1. The average molecular weight is 364 g/mol. The third kappa shape index (κ3) is 3.31. The number of aromatic nitrogens is 2. The lowest BCUT2D eigenvalue weighted by Gasteiger charge is -2.49. The average Bonchev–Trinajstić information content (AvgIpc) is 2.69. The Hall–Kier alpha value is -2.43. The Labute approximate surface area is 161 Å². The van der Waals surface area contributed by atoms with Crippen LogP contribution in [-0.2, 0) is 4.79 Å². The molecule has 0 saturated carbocycles. The summed E-state index contributed by atoms with van der Waals surface area (Å²) in [4.78, 5) is 26.0. The van der Waals surface area contributed by atoms with Crippen molar-refractivity contribution in [2.75, 3.05) is 31.6 Å². The molecule has 0 aliphatic carbocycles. The van der Waals surface area contributed by atoms with Gasteiger partial charge in [-0.15, -0.1) is 0 Å². The second-order valence-electron chi connectivity index (χ2n) is 8.26. The third-order valence-electron chi connectivity index (χ3n) is 6.52. The highest BCUT2D eigenvalue weighted by molar-refractivity contribution is 5.84. The van der Waals surface area contributed by atoms with Gasteiger partial charge < -0.3 is 9.80 Å². The van der Waals surface area contributed by atoms with E-state index in [4.69, 9.17) is 0 Å². The predicted molar refractivity (Wildman–Crippen MR) is 107 cm³/mol. The molecule has 5 nitrogen and oxygen atoms in total. The van der Waals surface area contributed by atoms with E-state index in [2.05, 4.69) is 33.9 Å². The van der Waals surface area contributed by atoms with Crippen LogP contribution in [0.2, 0.25) is 0 Å². The molecule has 2 aliphatic rings. The van der Waals surface area contributed by atoms with Gasteiger partial charge in [-0.2, -0.15) is 0 Å². The van der Waals surface area contributed by atoms with E-state index >= 15 is 0 Å². The van der Waals surface area contributed by atoms with Crippen molar-refractivity contribution >= 4 is 11.7 Å². The molecule has 1 atom stereocenters. The fourth-order valence-electron chi connectivity index (χ4n) is 4.78. The largest absolute Gasteiger partial charge is 0.356 e. The first-order chi connectivity index (χ1) is 13.0. The minimum Gasteiger partial charge on any atom is -0.356 e. The molecule has 0 bridgehead atoms. The molecule has 27 heavy (non-hydrogen) atoms. The lowest BCUT2D eigenvalue weighted by Crippen LogP contribution is -2.53. The van der Waals surface area contributed by atoms with Crippen LogP contribution >= 0.6 is 0 Å². The van der Waals surface area contributed by atoms with Gasteiger partial charge >= 0.3 is 0 Å². The number of carbonyl (C=O) groups excluding carboxylic acids is 1. The number of hydrogen-bond acceptors (Lipinski definition) is 4. The Morgan fingerprint density at radius 1 is 1.07 bits per heavy atom. The van der Waals surface area contributed by atoms with Crippen LogP contribution in [0, 0.1) is 19.3 Å². The van der Waals surface area contributed by atoms with Crippen molar-refractivity contribution in [3.8, 4) is 0 Å². The highest BCUT2D eigenvalue weighted by Gasteiger charge is 2.45. The Morgan fingerprint density at radius 2 is 1.78 bits per heavy atom. The molecule has 1 unspecified atom stereocenters. The first-order valence-electron chi connectivity index (χ1n) is 9.82. The molecule has 142 valence electrons. The molecular weight excluding hydrogens is 336 g/mol. The van der Waals surface area contributed by atoms with Crippen molar-refractivity contribution in [3.63, 3.8) is 0 Å². The molecule has 1 aromatic carbocycles. The SMILES string of the molecule is Cc1ncnc(N2CCC3(CC2)CC(c2ccccc2)C(=O)N(C)C3)c1C. The number of carbonyl (C=O) groups is 1. The van der Waals surface area contributed by atoms with Crippen molar-refractivity contribution in [1.29, 1.82) is 0 Å². The molecule has 4 rings (SSSR count). The smallest absolute Gasteiger partial charge is 0.229 e. The first-order valence-corrected chi connectivity index (χ1v) is 9.82. The topological polar surface area (TPSA) is 49.3 Å². The number of benzene rings is 1. The van der Waals surface area contributed by atoms with Crippen molar-refractivity contribution in [1.82, 2.24) is 14.9 Å². The summed E-state index contributed by atoms with van der Waals surface area (Å²) in [5.74, 6) is 1.31. The number of likely N-dealkylation sites (N-methyl/N-ethyl adjacent to an activating group) is 1. The van der Waals surface area contributed by atoms with Crippen LogP contribution in [0.1, 0.15) is 42.0 Å². The summed E-state index contributed by atoms with van der Waals surface area (Å²) in [7, 11) is 1.96. The zero-order chi connectivity index (χ0) is 19.0. The Morgan fingerprint density at radius 3 is 2.48 bits per heavy atom. The normalized spacial score (nSPS) is 22.3. The van der Waals surface area contributed by atoms with Crippen LogP contribution in [0.25, 0.3) is 0 Å². The van der Waals surface area contributed by atoms with E-state index in [0.717, 1.165) is 56.0 Å². The highest BCUT2D eigenvalue weighted by Crippen LogP contribution is 2.45.